The molecule has 0 spiro atoms. The van der Waals surface area contributed by atoms with E-state index in [1.165, 1.54) is 4.90 Å². The first kappa shape index (κ1) is 19.8. The first-order chi connectivity index (χ1) is 15.5. The first-order valence-corrected chi connectivity index (χ1v) is 10.4. The van der Waals surface area contributed by atoms with Crippen LogP contribution >= 0.6 is 0 Å². The summed E-state index contributed by atoms with van der Waals surface area (Å²) in [6, 6.07) is 23.1. The number of carbonyl (C=O) groups is 2. The van der Waals surface area contributed by atoms with E-state index in [9.17, 15) is 14.7 Å². The number of aliphatic hydroxyl groups excluding tert-OH is 1. The van der Waals surface area contributed by atoms with Crippen LogP contribution < -0.4 is 4.90 Å². The lowest BCUT2D eigenvalue weighted by Crippen LogP contribution is -2.31. The largest absolute Gasteiger partial charge is 0.503 e. The van der Waals surface area contributed by atoms with Gasteiger partial charge in [0.25, 0.3) is 5.91 Å². The molecule has 0 aliphatic carbocycles. The standard InChI is InChI=1S/C27H21NO4/c1-16-12-13-20(14-17(16)2)28-24(18-8-4-3-5-9-18)23(26(30)27(28)31)25(29)22-15-19-10-6-7-11-21(19)32-22/h3-15,24,30H,1-2H3. The van der Waals surface area contributed by atoms with Crippen molar-refractivity contribution in [1.82, 2.24) is 0 Å². The van der Waals surface area contributed by atoms with Crippen LogP contribution in [0.4, 0.5) is 5.69 Å². The van der Waals surface area contributed by atoms with Gasteiger partial charge >= 0.3 is 0 Å². The van der Waals surface area contributed by atoms with E-state index < -0.39 is 23.5 Å². The number of Topliss-reactive ketones (excluding diaryl/α,β-unsaturated/α-hetero) is 1. The zero-order chi connectivity index (χ0) is 22.4. The first-order valence-electron chi connectivity index (χ1n) is 10.4. The number of rotatable bonds is 4. The molecule has 4 aromatic rings. The lowest BCUT2D eigenvalue weighted by Gasteiger charge is -2.27. The highest BCUT2D eigenvalue weighted by Crippen LogP contribution is 2.42. The van der Waals surface area contributed by atoms with E-state index in [0.717, 1.165) is 22.1 Å². The fraction of sp³-hybridized carbons (Fsp3) is 0.111. The number of hydrogen-bond donors (Lipinski definition) is 1. The minimum absolute atomic E-state index is 0.0125. The van der Waals surface area contributed by atoms with E-state index in [-0.39, 0.29) is 11.3 Å². The van der Waals surface area contributed by atoms with Gasteiger partial charge in [-0.25, -0.2) is 0 Å². The molecule has 5 nitrogen and oxygen atoms in total. The maximum atomic E-state index is 13.6. The van der Waals surface area contributed by atoms with E-state index in [2.05, 4.69) is 0 Å². The number of nitrogens with zero attached hydrogens (tertiary/aromatic N) is 1. The van der Waals surface area contributed by atoms with Crippen LogP contribution in [0.25, 0.3) is 11.0 Å². The zero-order valence-electron chi connectivity index (χ0n) is 17.7. The molecule has 1 unspecified atom stereocenters. The van der Waals surface area contributed by atoms with Crippen LogP contribution in [-0.4, -0.2) is 16.8 Å². The molecule has 5 heteroatoms. The van der Waals surface area contributed by atoms with Crippen molar-refractivity contribution in [2.24, 2.45) is 0 Å². The third-order valence-electron chi connectivity index (χ3n) is 5.99. The Bertz CT molecular complexity index is 1360. The van der Waals surface area contributed by atoms with Crippen LogP contribution in [0.3, 0.4) is 0 Å². The molecule has 1 N–H and O–H groups in total. The van der Waals surface area contributed by atoms with Crippen LogP contribution in [0.15, 0.2) is 94.6 Å². The van der Waals surface area contributed by atoms with Gasteiger partial charge in [0.2, 0.25) is 5.78 Å². The summed E-state index contributed by atoms with van der Waals surface area (Å²) in [6.07, 6.45) is 0. The fourth-order valence-corrected chi connectivity index (χ4v) is 4.16. The second-order valence-electron chi connectivity index (χ2n) is 8.00. The molecule has 158 valence electrons. The molecule has 0 radical (unpaired) electrons. The van der Waals surface area contributed by atoms with Gasteiger partial charge < -0.3 is 9.52 Å². The molecule has 5 rings (SSSR count). The Kier molecular flexibility index (Phi) is 4.67. The van der Waals surface area contributed by atoms with Gasteiger partial charge in [0.15, 0.2) is 11.5 Å². The van der Waals surface area contributed by atoms with E-state index in [4.69, 9.17) is 4.42 Å². The lowest BCUT2D eigenvalue weighted by atomic mass is 9.94. The van der Waals surface area contributed by atoms with Crippen molar-refractivity contribution in [3.8, 4) is 0 Å². The lowest BCUT2D eigenvalue weighted by molar-refractivity contribution is -0.117. The number of carbonyl (C=O) groups excluding carboxylic acids is 2. The maximum absolute atomic E-state index is 13.6. The van der Waals surface area contributed by atoms with Crippen molar-refractivity contribution in [2.75, 3.05) is 4.90 Å². The second kappa shape index (κ2) is 7.54. The molecule has 2 heterocycles. The molecule has 1 aromatic heterocycles. The van der Waals surface area contributed by atoms with Gasteiger partial charge in [-0.2, -0.15) is 0 Å². The summed E-state index contributed by atoms with van der Waals surface area (Å²) in [5.41, 5.74) is 4.03. The van der Waals surface area contributed by atoms with Crippen LogP contribution in [0, 0.1) is 13.8 Å². The number of aryl methyl sites for hydroxylation is 2. The summed E-state index contributed by atoms with van der Waals surface area (Å²) < 4.78 is 5.76. The van der Waals surface area contributed by atoms with Crippen molar-refractivity contribution < 1.29 is 19.1 Å². The quantitative estimate of drug-likeness (QED) is 0.419. The highest BCUT2D eigenvalue weighted by atomic mass is 16.3. The average molecular weight is 423 g/mol. The van der Waals surface area contributed by atoms with E-state index >= 15 is 0 Å². The predicted octanol–water partition coefficient (Wildman–Crippen LogP) is 5.83. The molecule has 1 amide bonds. The van der Waals surface area contributed by atoms with Gasteiger partial charge in [0.1, 0.15) is 5.58 Å². The molecular weight excluding hydrogens is 402 g/mol. The topological polar surface area (TPSA) is 70.8 Å². The van der Waals surface area contributed by atoms with E-state index in [1.54, 1.807) is 12.1 Å². The van der Waals surface area contributed by atoms with Gasteiger partial charge in [-0.3, -0.25) is 14.5 Å². The number of para-hydroxylation sites is 1. The summed E-state index contributed by atoms with van der Waals surface area (Å²) in [6.45, 7) is 3.95. The molecule has 32 heavy (non-hydrogen) atoms. The van der Waals surface area contributed by atoms with Gasteiger partial charge in [-0.05, 0) is 54.8 Å². The Morgan fingerprint density at radius 2 is 1.62 bits per heavy atom. The van der Waals surface area contributed by atoms with Crippen LogP contribution in [0.2, 0.25) is 0 Å². The summed E-state index contributed by atoms with van der Waals surface area (Å²) >= 11 is 0. The van der Waals surface area contributed by atoms with Crippen molar-refractivity contribution >= 4 is 28.3 Å². The predicted molar refractivity (Wildman–Crippen MR) is 123 cm³/mol. The summed E-state index contributed by atoms with van der Waals surface area (Å²) in [7, 11) is 0. The minimum atomic E-state index is -0.772. The highest BCUT2D eigenvalue weighted by Gasteiger charge is 2.45. The Balaban J connectivity index is 1.66. The highest BCUT2D eigenvalue weighted by molar-refractivity contribution is 6.20. The summed E-state index contributed by atoms with van der Waals surface area (Å²) in [5.74, 6) is -1.58. The Morgan fingerprint density at radius 1 is 0.906 bits per heavy atom. The van der Waals surface area contributed by atoms with Crippen molar-refractivity contribution in [3.63, 3.8) is 0 Å². The normalized spacial score (nSPS) is 16.2. The fourth-order valence-electron chi connectivity index (χ4n) is 4.16. The molecule has 3 aromatic carbocycles. The molecule has 1 aliphatic rings. The molecule has 0 fully saturated rings. The third kappa shape index (κ3) is 3.10. The molecule has 0 saturated carbocycles. The number of benzene rings is 3. The monoisotopic (exact) mass is 423 g/mol. The van der Waals surface area contributed by atoms with Crippen LogP contribution in [-0.2, 0) is 4.79 Å². The van der Waals surface area contributed by atoms with Gasteiger partial charge in [-0.15, -0.1) is 0 Å². The third-order valence-corrected chi connectivity index (χ3v) is 5.99. The Morgan fingerprint density at radius 3 is 2.34 bits per heavy atom. The van der Waals surface area contributed by atoms with Gasteiger partial charge in [0, 0.05) is 11.1 Å². The van der Waals surface area contributed by atoms with E-state index in [0.29, 0.717) is 11.3 Å². The van der Waals surface area contributed by atoms with Crippen molar-refractivity contribution in [1.29, 1.82) is 0 Å². The summed E-state index contributed by atoms with van der Waals surface area (Å²) in [4.78, 5) is 28.3. The number of fused-ring (bicyclic) bond motifs is 1. The Labute approximate surface area is 185 Å². The SMILES string of the molecule is Cc1ccc(N2C(=O)C(O)=C(C(=O)c3cc4ccccc4o3)C2c2ccccc2)cc1C. The van der Waals surface area contributed by atoms with Crippen molar-refractivity contribution in [3.05, 3.63) is 113 Å². The molecule has 0 bridgehead atoms. The molecule has 1 atom stereocenters. The number of anilines is 1. The van der Waals surface area contributed by atoms with Crippen LogP contribution in [0.1, 0.15) is 33.3 Å². The number of ketones is 1. The summed E-state index contributed by atoms with van der Waals surface area (Å²) in [5, 5.41) is 11.7. The minimum Gasteiger partial charge on any atom is -0.503 e. The smallest absolute Gasteiger partial charge is 0.294 e. The molecule has 1 aliphatic heterocycles. The number of aliphatic hydroxyl groups is 1. The average Bonchev–Trinajstić information content (AvgIpc) is 3.35. The second-order valence-corrected chi connectivity index (χ2v) is 8.00. The van der Waals surface area contributed by atoms with Crippen molar-refractivity contribution in [2.45, 2.75) is 19.9 Å². The molecular formula is C27H21NO4. The molecule has 0 saturated heterocycles. The van der Waals surface area contributed by atoms with Gasteiger partial charge in [0.05, 0.1) is 11.6 Å². The van der Waals surface area contributed by atoms with E-state index in [1.807, 2.05) is 80.6 Å². The zero-order valence-corrected chi connectivity index (χ0v) is 17.7. The maximum Gasteiger partial charge on any atom is 0.294 e. The van der Waals surface area contributed by atoms with Crippen LogP contribution in [0.5, 0.6) is 0 Å². The Hall–Kier alpha value is -4.12. The number of hydrogen-bond acceptors (Lipinski definition) is 4. The number of amides is 1. The number of furan rings is 1. The van der Waals surface area contributed by atoms with Gasteiger partial charge in [-0.1, -0.05) is 54.6 Å².